The van der Waals surface area contributed by atoms with Crippen LogP contribution in [-0.4, -0.2) is 37.2 Å². The lowest BCUT2D eigenvalue weighted by atomic mass is 10.1. The van der Waals surface area contributed by atoms with Crippen molar-refractivity contribution in [1.82, 2.24) is 19.7 Å². The van der Waals surface area contributed by atoms with Crippen LogP contribution in [0.25, 0.3) is 10.9 Å². The normalized spacial score (nSPS) is 11.1. The number of Topliss-reactive ketones (excluding diaryl/α,β-unsaturated/α-hetero) is 1. The zero-order valence-electron chi connectivity index (χ0n) is 18.3. The molecular weight excluding hydrogens is 422 g/mol. The van der Waals surface area contributed by atoms with Gasteiger partial charge in [0.1, 0.15) is 5.82 Å². The third-order valence-corrected chi connectivity index (χ3v) is 6.35. The maximum Gasteiger partial charge on any atom is 0.234 e. The molecule has 0 aliphatic rings. The lowest BCUT2D eigenvalue weighted by molar-refractivity contribution is -0.113. The molecule has 0 atom stereocenters. The second kappa shape index (κ2) is 9.40. The van der Waals surface area contributed by atoms with Gasteiger partial charge in [0.15, 0.2) is 10.9 Å². The molecule has 1 amide bonds. The topological polar surface area (TPSA) is 92.7 Å². The van der Waals surface area contributed by atoms with Crippen LogP contribution in [0.1, 0.15) is 41.3 Å². The number of aryl methyl sites for hydroxylation is 1. The molecule has 0 saturated heterocycles. The Morgan fingerprint density at radius 3 is 2.56 bits per heavy atom. The Hall–Kier alpha value is -3.39. The van der Waals surface area contributed by atoms with Crippen LogP contribution in [-0.2, 0) is 17.8 Å². The number of nitrogens with one attached hydrogen (secondary N) is 2. The third kappa shape index (κ3) is 4.60. The van der Waals surface area contributed by atoms with Gasteiger partial charge in [-0.2, -0.15) is 0 Å². The molecule has 7 nitrogen and oxygen atoms in total. The van der Waals surface area contributed by atoms with Gasteiger partial charge >= 0.3 is 0 Å². The van der Waals surface area contributed by atoms with Gasteiger partial charge in [-0.05, 0) is 56.7 Å². The number of thioether (sulfide) groups is 1. The van der Waals surface area contributed by atoms with E-state index >= 15 is 0 Å². The van der Waals surface area contributed by atoms with E-state index < -0.39 is 0 Å². The van der Waals surface area contributed by atoms with Crippen LogP contribution in [0.5, 0.6) is 0 Å². The highest BCUT2D eigenvalue weighted by Crippen LogP contribution is 2.26. The monoisotopic (exact) mass is 447 g/mol. The number of H-pyrrole nitrogens is 1. The van der Waals surface area contributed by atoms with Crippen LogP contribution in [0.3, 0.4) is 0 Å². The molecule has 2 aromatic carbocycles. The fraction of sp³-hybridized carbons (Fsp3) is 0.250. The Labute approximate surface area is 190 Å². The summed E-state index contributed by atoms with van der Waals surface area (Å²) in [4.78, 5) is 27.2. The molecule has 0 spiro atoms. The number of carbonyl (C=O) groups is 2. The number of rotatable bonds is 8. The van der Waals surface area contributed by atoms with Gasteiger partial charge in [-0.3, -0.25) is 9.59 Å². The van der Waals surface area contributed by atoms with Crippen molar-refractivity contribution >= 4 is 40.0 Å². The summed E-state index contributed by atoms with van der Waals surface area (Å²) in [7, 11) is 0. The van der Waals surface area contributed by atoms with E-state index in [0.29, 0.717) is 17.7 Å². The molecule has 4 aromatic rings. The Morgan fingerprint density at radius 1 is 1.09 bits per heavy atom. The molecule has 4 rings (SSSR count). The number of hydrogen-bond acceptors (Lipinski definition) is 5. The van der Waals surface area contributed by atoms with Crippen LogP contribution in [0.15, 0.2) is 53.7 Å². The summed E-state index contributed by atoms with van der Waals surface area (Å²) >= 11 is 1.36. The zero-order valence-corrected chi connectivity index (χ0v) is 19.1. The SMILES string of the molecule is CCn1c(Cc2c(C)[nH]c3ccccc23)nnc1SCC(=O)Nc1ccc(C(C)=O)cc1. The van der Waals surface area contributed by atoms with Crippen LogP contribution in [0.4, 0.5) is 5.69 Å². The van der Waals surface area contributed by atoms with Crippen LogP contribution in [0, 0.1) is 6.92 Å². The van der Waals surface area contributed by atoms with E-state index in [0.717, 1.165) is 28.7 Å². The number of aromatic nitrogens is 4. The van der Waals surface area contributed by atoms with E-state index in [1.807, 2.05) is 12.1 Å². The molecule has 0 saturated carbocycles. The van der Waals surface area contributed by atoms with Crippen LogP contribution < -0.4 is 5.32 Å². The fourth-order valence-electron chi connectivity index (χ4n) is 3.71. The van der Waals surface area contributed by atoms with Crippen molar-refractivity contribution < 1.29 is 9.59 Å². The van der Waals surface area contributed by atoms with Gasteiger partial charge in [0.05, 0.1) is 5.75 Å². The number of anilines is 1. The summed E-state index contributed by atoms with van der Waals surface area (Å²) in [6, 6.07) is 15.1. The molecule has 0 aliphatic carbocycles. The first kappa shape index (κ1) is 21.8. The molecule has 2 aromatic heterocycles. The summed E-state index contributed by atoms with van der Waals surface area (Å²) in [5.41, 5.74) is 4.73. The molecule has 2 heterocycles. The maximum absolute atomic E-state index is 12.4. The molecule has 0 fully saturated rings. The van der Waals surface area contributed by atoms with E-state index in [1.54, 1.807) is 24.3 Å². The smallest absolute Gasteiger partial charge is 0.234 e. The van der Waals surface area contributed by atoms with Crippen LogP contribution in [0.2, 0.25) is 0 Å². The Bertz CT molecular complexity index is 1270. The molecule has 32 heavy (non-hydrogen) atoms. The van der Waals surface area contributed by atoms with Gasteiger partial charge in [0.2, 0.25) is 5.91 Å². The zero-order chi connectivity index (χ0) is 22.7. The molecule has 8 heteroatoms. The standard InChI is InChI=1S/C24H25N5O2S/c1-4-29-22(13-20-15(2)25-21-8-6-5-7-19(20)21)27-28-24(29)32-14-23(31)26-18-11-9-17(10-12-18)16(3)30/h5-12,25H,4,13-14H2,1-3H3,(H,26,31). The molecule has 2 N–H and O–H groups in total. The maximum atomic E-state index is 12.4. The number of para-hydroxylation sites is 1. The first-order valence-electron chi connectivity index (χ1n) is 10.5. The van der Waals surface area contributed by atoms with E-state index in [2.05, 4.69) is 51.0 Å². The average molecular weight is 448 g/mol. The molecule has 0 bridgehead atoms. The first-order chi connectivity index (χ1) is 15.5. The number of ketones is 1. The summed E-state index contributed by atoms with van der Waals surface area (Å²) in [5.74, 6) is 0.961. The minimum atomic E-state index is -0.134. The van der Waals surface area contributed by atoms with Gasteiger partial charge in [-0.25, -0.2) is 0 Å². The van der Waals surface area contributed by atoms with E-state index in [4.69, 9.17) is 0 Å². The highest BCUT2D eigenvalue weighted by atomic mass is 32.2. The lowest BCUT2D eigenvalue weighted by Gasteiger charge is -2.08. The molecule has 164 valence electrons. The number of hydrogen-bond donors (Lipinski definition) is 2. The van der Waals surface area contributed by atoms with Gasteiger partial charge in [-0.1, -0.05) is 30.0 Å². The van der Waals surface area contributed by atoms with E-state index in [9.17, 15) is 9.59 Å². The molecule has 0 aliphatic heterocycles. The van der Waals surface area contributed by atoms with Crippen molar-refractivity contribution in [2.45, 2.75) is 38.9 Å². The van der Waals surface area contributed by atoms with Crippen molar-refractivity contribution in [3.63, 3.8) is 0 Å². The Kier molecular flexibility index (Phi) is 6.41. The highest BCUT2D eigenvalue weighted by Gasteiger charge is 2.17. The van der Waals surface area contributed by atoms with E-state index in [-0.39, 0.29) is 17.4 Å². The average Bonchev–Trinajstić information content (AvgIpc) is 3.32. The second-order valence-corrected chi connectivity index (χ2v) is 8.51. The highest BCUT2D eigenvalue weighted by molar-refractivity contribution is 7.99. The van der Waals surface area contributed by atoms with Gasteiger partial charge < -0.3 is 14.9 Å². The molecule has 0 unspecified atom stereocenters. The van der Waals surface area contributed by atoms with Gasteiger partial charge in [-0.15, -0.1) is 10.2 Å². The van der Waals surface area contributed by atoms with Crippen LogP contribution >= 0.6 is 11.8 Å². The summed E-state index contributed by atoms with van der Waals surface area (Å²) in [6.45, 7) is 6.36. The van der Waals surface area contributed by atoms with Crippen molar-refractivity contribution in [1.29, 1.82) is 0 Å². The number of benzene rings is 2. The van der Waals surface area contributed by atoms with Crippen molar-refractivity contribution in [3.8, 4) is 0 Å². The predicted octanol–water partition coefficient (Wildman–Crippen LogP) is 4.61. The van der Waals surface area contributed by atoms with Crippen molar-refractivity contribution in [2.75, 3.05) is 11.1 Å². The summed E-state index contributed by atoms with van der Waals surface area (Å²) in [5, 5.41) is 13.5. The quantitative estimate of drug-likeness (QED) is 0.304. The predicted molar refractivity (Wildman–Crippen MR) is 127 cm³/mol. The second-order valence-electron chi connectivity index (χ2n) is 7.56. The van der Waals surface area contributed by atoms with Crippen molar-refractivity contribution in [2.24, 2.45) is 0 Å². The van der Waals surface area contributed by atoms with E-state index in [1.165, 1.54) is 29.6 Å². The number of carbonyl (C=O) groups excluding carboxylic acids is 2. The summed E-state index contributed by atoms with van der Waals surface area (Å²) < 4.78 is 2.06. The minimum absolute atomic E-state index is 0.00373. The van der Waals surface area contributed by atoms with Gasteiger partial charge in [0.25, 0.3) is 0 Å². The summed E-state index contributed by atoms with van der Waals surface area (Å²) in [6.07, 6.45) is 0.673. The van der Waals surface area contributed by atoms with Gasteiger partial charge in [0, 0.05) is 40.8 Å². The lowest BCUT2D eigenvalue weighted by Crippen LogP contribution is -2.15. The number of nitrogens with zero attached hydrogens (tertiary/aromatic N) is 3. The fourth-order valence-corrected chi connectivity index (χ4v) is 4.53. The van der Waals surface area contributed by atoms with Crippen molar-refractivity contribution in [3.05, 3.63) is 71.2 Å². The largest absolute Gasteiger partial charge is 0.358 e. The first-order valence-corrected chi connectivity index (χ1v) is 11.5. The number of amides is 1. The third-order valence-electron chi connectivity index (χ3n) is 5.38. The Morgan fingerprint density at radius 2 is 1.84 bits per heavy atom. The minimum Gasteiger partial charge on any atom is -0.358 e. The molecule has 0 radical (unpaired) electrons. The number of fused-ring (bicyclic) bond motifs is 1. The number of aromatic amines is 1. The Balaban J connectivity index is 1.43. The molecular formula is C24H25N5O2S.